The molecular weight excluding hydrogens is 466 g/mol. The number of carbonyl (C=O) groups is 2. The average Bonchev–Trinajstić information content (AvgIpc) is 2.89. The lowest BCUT2D eigenvalue weighted by atomic mass is 10.0. The van der Waals surface area contributed by atoms with Gasteiger partial charge in [-0.3, -0.25) is 19.2 Å². The van der Waals surface area contributed by atoms with E-state index in [2.05, 4.69) is 16.0 Å². The van der Waals surface area contributed by atoms with Gasteiger partial charge in [0.25, 0.3) is 0 Å². The summed E-state index contributed by atoms with van der Waals surface area (Å²) in [6, 6.07) is 5.37. The van der Waals surface area contributed by atoms with E-state index in [1.165, 1.54) is 58.2 Å². The Morgan fingerprint density at radius 3 is 1.47 bits per heavy atom. The monoisotopic (exact) mass is 503 g/mol. The molecule has 2 atom stereocenters. The van der Waals surface area contributed by atoms with E-state index in [4.69, 9.17) is 0 Å². The Kier molecular flexibility index (Phi) is 11.0. The van der Waals surface area contributed by atoms with Gasteiger partial charge in [-0.2, -0.15) is 0 Å². The fourth-order valence-electron chi connectivity index (χ4n) is 3.52. The molecule has 0 aliphatic carbocycles. The highest BCUT2D eigenvalue weighted by atomic mass is 16.3. The number of rotatable bonds is 15. The van der Waals surface area contributed by atoms with E-state index >= 15 is 0 Å². The molecule has 11 heteroatoms. The molecule has 0 aromatic carbocycles. The van der Waals surface area contributed by atoms with Crippen LogP contribution >= 0.6 is 0 Å². The Morgan fingerprint density at radius 2 is 1.06 bits per heavy atom. The van der Waals surface area contributed by atoms with Gasteiger partial charge in [0.1, 0.15) is 11.1 Å². The summed E-state index contributed by atoms with van der Waals surface area (Å²) in [5, 5.41) is 28.5. The molecule has 0 bridgehead atoms. The largest absolute Gasteiger partial charge is 0.393 e. The minimum Gasteiger partial charge on any atom is -0.393 e. The number of unbranched alkanes of at least 4 members (excludes halogenated alkanes) is 1. The van der Waals surface area contributed by atoms with Crippen molar-refractivity contribution < 1.29 is 19.8 Å². The van der Waals surface area contributed by atoms with Crippen molar-refractivity contribution in [2.75, 3.05) is 39.4 Å². The number of hydrogen-bond donors (Lipinski definition) is 5. The van der Waals surface area contributed by atoms with Crippen LogP contribution < -0.4 is 26.8 Å². The first-order chi connectivity index (χ1) is 17.2. The van der Waals surface area contributed by atoms with E-state index in [0.717, 1.165) is 19.4 Å². The Balaban J connectivity index is 1.61. The maximum absolute atomic E-state index is 12.6. The van der Waals surface area contributed by atoms with Crippen LogP contribution in [0.2, 0.25) is 0 Å². The SMILES string of the molecule is CC(CO)(C(=O)NCCCCNCCCNC(=O)C(C)(CO)n1ccc(=O)cc1)n1ccc(=O)cc1. The summed E-state index contributed by atoms with van der Waals surface area (Å²) >= 11 is 0. The van der Waals surface area contributed by atoms with Crippen LogP contribution in [0.1, 0.15) is 33.1 Å². The van der Waals surface area contributed by atoms with Crippen molar-refractivity contribution in [1.82, 2.24) is 25.1 Å². The lowest BCUT2D eigenvalue weighted by Crippen LogP contribution is -2.49. The summed E-state index contributed by atoms with van der Waals surface area (Å²) in [5.41, 5.74) is -2.73. The number of hydrogen-bond acceptors (Lipinski definition) is 7. The highest BCUT2D eigenvalue weighted by Crippen LogP contribution is 2.15. The normalized spacial score (nSPS) is 14.4. The number of aliphatic hydroxyl groups is 2. The van der Waals surface area contributed by atoms with E-state index in [1.54, 1.807) is 13.8 Å². The number of aliphatic hydroxyl groups excluding tert-OH is 2. The van der Waals surface area contributed by atoms with Gasteiger partial charge in [0, 0.05) is 62.1 Å². The Labute approximate surface area is 210 Å². The van der Waals surface area contributed by atoms with Crippen molar-refractivity contribution in [3.05, 3.63) is 69.5 Å². The number of pyridine rings is 2. The van der Waals surface area contributed by atoms with Crippen LogP contribution in [0.15, 0.2) is 58.6 Å². The molecule has 5 N–H and O–H groups in total. The lowest BCUT2D eigenvalue weighted by Gasteiger charge is -2.29. The fraction of sp³-hybridized carbons (Fsp3) is 0.520. The number of amides is 2. The minimum absolute atomic E-state index is 0.170. The third kappa shape index (κ3) is 7.61. The third-order valence-corrected chi connectivity index (χ3v) is 6.21. The van der Waals surface area contributed by atoms with Crippen molar-refractivity contribution >= 4 is 11.8 Å². The zero-order chi connectivity index (χ0) is 26.6. The van der Waals surface area contributed by atoms with E-state index < -0.39 is 24.3 Å². The van der Waals surface area contributed by atoms with Crippen LogP contribution in [0.4, 0.5) is 0 Å². The smallest absolute Gasteiger partial charge is 0.248 e. The van der Waals surface area contributed by atoms with E-state index in [1.807, 2.05) is 0 Å². The Morgan fingerprint density at radius 1 is 0.694 bits per heavy atom. The molecular formula is C25H37N5O6. The summed E-state index contributed by atoms with van der Waals surface area (Å²) in [7, 11) is 0. The van der Waals surface area contributed by atoms with Crippen LogP contribution in [0.3, 0.4) is 0 Å². The molecule has 2 heterocycles. The molecule has 0 fully saturated rings. The highest BCUT2D eigenvalue weighted by molar-refractivity contribution is 5.84. The van der Waals surface area contributed by atoms with Gasteiger partial charge in [-0.05, 0) is 46.2 Å². The number of nitrogens with zero attached hydrogens (tertiary/aromatic N) is 2. The molecule has 2 rings (SSSR count). The number of aromatic nitrogens is 2. The zero-order valence-electron chi connectivity index (χ0n) is 20.9. The summed E-state index contributed by atoms with van der Waals surface area (Å²) in [4.78, 5) is 47.7. The molecule has 2 aromatic rings. The van der Waals surface area contributed by atoms with Gasteiger partial charge in [0.15, 0.2) is 10.9 Å². The van der Waals surface area contributed by atoms with E-state index in [0.29, 0.717) is 26.1 Å². The predicted molar refractivity (Wildman–Crippen MR) is 136 cm³/mol. The lowest BCUT2D eigenvalue weighted by molar-refractivity contribution is -0.131. The van der Waals surface area contributed by atoms with Crippen LogP contribution in [0.25, 0.3) is 0 Å². The second-order valence-corrected chi connectivity index (χ2v) is 9.07. The van der Waals surface area contributed by atoms with Crippen molar-refractivity contribution in [3.8, 4) is 0 Å². The Bertz CT molecular complexity index is 988. The van der Waals surface area contributed by atoms with Crippen LogP contribution in [-0.2, 0) is 20.7 Å². The standard InChI is InChI=1S/C25H37N5O6/c1-24(18-31,29-14-6-20(33)7-15-29)22(35)27-12-4-3-10-26-11-5-13-28-23(36)25(2,19-32)30-16-8-21(34)9-17-30/h6-9,14-17,26,31-32H,3-5,10-13,18-19H2,1-2H3,(H,27,35)(H,28,36). The van der Waals surface area contributed by atoms with Crippen molar-refractivity contribution in [3.63, 3.8) is 0 Å². The first-order valence-electron chi connectivity index (χ1n) is 12.0. The van der Waals surface area contributed by atoms with Gasteiger partial charge < -0.3 is 35.3 Å². The second kappa shape index (κ2) is 13.7. The Hall–Kier alpha value is -3.28. The summed E-state index contributed by atoms with van der Waals surface area (Å²) in [6.45, 7) is 4.73. The molecule has 2 unspecified atom stereocenters. The van der Waals surface area contributed by atoms with Crippen molar-refractivity contribution in [2.45, 2.75) is 44.2 Å². The van der Waals surface area contributed by atoms with Gasteiger partial charge in [0.2, 0.25) is 11.8 Å². The molecule has 0 aliphatic heterocycles. The molecule has 11 nitrogen and oxygen atoms in total. The second-order valence-electron chi connectivity index (χ2n) is 9.07. The number of nitrogens with one attached hydrogen (secondary N) is 3. The predicted octanol–water partition coefficient (Wildman–Crippen LogP) is -0.882. The zero-order valence-corrected chi connectivity index (χ0v) is 20.9. The maximum atomic E-state index is 12.6. The van der Waals surface area contributed by atoms with Crippen LogP contribution in [-0.4, -0.2) is 70.6 Å². The third-order valence-electron chi connectivity index (χ3n) is 6.21. The molecule has 198 valence electrons. The molecule has 0 saturated heterocycles. The molecule has 0 aliphatic rings. The van der Waals surface area contributed by atoms with Gasteiger partial charge in [-0.25, -0.2) is 0 Å². The van der Waals surface area contributed by atoms with Gasteiger partial charge in [-0.15, -0.1) is 0 Å². The first-order valence-corrected chi connectivity index (χ1v) is 12.0. The maximum Gasteiger partial charge on any atom is 0.248 e. The van der Waals surface area contributed by atoms with Crippen LogP contribution in [0, 0.1) is 0 Å². The number of carbonyl (C=O) groups excluding carboxylic acids is 2. The fourth-order valence-corrected chi connectivity index (χ4v) is 3.52. The van der Waals surface area contributed by atoms with Gasteiger partial charge >= 0.3 is 0 Å². The average molecular weight is 504 g/mol. The van der Waals surface area contributed by atoms with Crippen LogP contribution in [0.5, 0.6) is 0 Å². The first kappa shape index (κ1) is 29.0. The van der Waals surface area contributed by atoms with Crippen molar-refractivity contribution in [1.29, 1.82) is 0 Å². The molecule has 36 heavy (non-hydrogen) atoms. The topological polar surface area (TPSA) is 155 Å². The molecule has 0 saturated carbocycles. The summed E-state index contributed by atoms with van der Waals surface area (Å²) in [5.74, 6) is -0.657. The molecule has 0 spiro atoms. The highest BCUT2D eigenvalue weighted by Gasteiger charge is 2.34. The summed E-state index contributed by atoms with van der Waals surface area (Å²) < 4.78 is 3.04. The van der Waals surface area contributed by atoms with Gasteiger partial charge in [0.05, 0.1) is 13.2 Å². The minimum atomic E-state index is -1.20. The summed E-state index contributed by atoms with van der Waals surface area (Å²) in [6.07, 6.45) is 8.21. The molecule has 2 aromatic heterocycles. The van der Waals surface area contributed by atoms with E-state index in [9.17, 15) is 29.4 Å². The molecule has 2 amide bonds. The van der Waals surface area contributed by atoms with E-state index in [-0.39, 0.29) is 22.7 Å². The van der Waals surface area contributed by atoms with Crippen molar-refractivity contribution in [2.24, 2.45) is 0 Å². The van der Waals surface area contributed by atoms with Gasteiger partial charge in [-0.1, -0.05) is 0 Å². The quantitative estimate of drug-likeness (QED) is 0.198. The molecule has 0 radical (unpaired) electrons.